The lowest BCUT2D eigenvalue weighted by Crippen LogP contribution is -2.23. The Morgan fingerprint density at radius 1 is 1.14 bits per heavy atom. The van der Waals surface area contributed by atoms with E-state index in [4.69, 9.17) is 0 Å². The lowest BCUT2D eigenvalue weighted by atomic mass is 9.88. The molecule has 3 N–H and O–H groups in total. The molecule has 0 radical (unpaired) electrons. The fourth-order valence-corrected chi connectivity index (χ4v) is 3.79. The number of aliphatic hydroxyl groups excluding tert-OH is 2. The van der Waals surface area contributed by atoms with Gasteiger partial charge in [-0.3, -0.25) is 0 Å². The monoisotopic (exact) mass is 297 g/mol. The fourth-order valence-electron chi connectivity index (χ4n) is 3.79. The van der Waals surface area contributed by atoms with Crippen molar-refractivity contribution in [2.24, 2.45) is 23.7 Å². The Kier molecular flexibility index (Phi) is 4.46. The van der Waals surface area contributed by atoms with Crippen LogP contribution in [0.2, 0.25) is 0 Å². The number of hydrogen-bond donors (Lipinski definition) is 3. The van der Waals surface area contributed by atoms with Gasteiger partial charge in [0.1, 0.15) is 0 Å². The smallest absolute Gasteiger partial charge is 0.0468 e. The van der Waals surface area contributed by atoms with Crippen molar-refractivity contribution in [2.45, 2.75) is 6.42 Å². The number of fused-ring (bicyclic) bond motifs is 1. The quantitative estimate of drug-likeness (QED) is 0.742. The molecule has 1 fully saturated rings. The molecule has 4 atom stereocenters. The molecule has 1 heterocycles. The predicted molar refractivity (Wildman–Crippen MR) is 90.3 cm³/mol. The van der Waals surface area contributed by atoms with E-state index in [9.17, 15) is 10.2 Å². The van der Waals surface area contributed by atoms with Crippen LogP contribution in [0.25, 0.3) is 17.0 Å². The molecule has 0 amide bonds. The second-order valence-corrected chi connectivity index (χ2v) is 6.14. The Hall–Kier alpha value is -1.84. The summed E-state index contributed by atoms with van der Waals surface area (Å²) in [7, 11) is 0. The van der Waals surface area contributed by atoms with Gasteiger partial charge in [-0.15, -0.1) is 6.58 Å². The van der Waals surface area contributed by atoms with E-state index < -0.39 is 0 Å². The van der Waals surface area contributed by atoms with Crippen molar-refractivity contribution in [3.8, 4) is 0 Å². The highest BCUT2D eigenvalue weighted by Crippen LogP contribution is 2.42. The van der Waals surface area contributed by atoms with E-state index in [1.165, 1.54) is 5.39 Å². The molecule has 1 aromatic heterocycles. The molecule has 2 aromatic rings. The van der Waals surface area contributed by atoms with Crippen LogP contribution in [0.5, 0.6) is 0 Å². The minimum atomic E-state index is 0.106. The summed E-state index contributed by atoms with van der Waals surface area (Å²) in [6, 6.07) is 8.22. The van der Waals surface area contributed by atoms with Crippen LogP contribution < -0.4 is 0 Å². The Morgan fingerprint density at radius 3 is 2.59 bits per heavy atom. The van der Waals surface area contributed by atoms with Gasteiger partial charge in [0.25, 0.3) is 0 Å². The molecule has 4 unspecified atom stereocenters. The molecule has 1 saturated carbocycles. The number of rotatable bonds is 5. The van der Waals surface area contributed by atoms with Crippen LogP contribution in [0.3, 0.4) is 0 Å². The summed E-state index contributed by atoms with van der Waals surface area (Å²) < 4.78 is 0. The number of aromatic nitrogens is 1. The van der Waals surface area contributed by atoms with Crippen molar-refractivity contribution in [1.29, 1.82) is 0 Å². The number of H-pyrrole nitrogens is 1. The Bertz CT molecular complexity index is 673. The third-order valence-electron chi connectivity index (χ3n) is 5.06. The number of nitrogens with one attached hydrogen (secondary N) is 1. The number of aromatic amines is 1. The zero-order valence-corrected chi connectivity index (χ0v) is 12.7. The van der Waals surface area contributed by atoms with Gasteiger partial charge in [0.2, 0.25) is 0 Å². The highest BCUT2D eigenvalue weighted by atomic mass is 16.3. The average Bonchev–Trinajstić information content (AvgIpc) is 3.13. The standard InChI is InChI=1S/C19H23NO2/c1-2-13-9-14(18(12-22)17(13)11-21)7-8-15-10-20-19-6-4-3-5-16(15)19/h2-8,10,13-14,17-18,20-22H,1,9,11-12H2. The summed E-state index contributed by atoms with van der Waals surface area (Å²) in [6.07, 6.45) is 9.19. The minimum Gasteiger partial charge on any atom is -0.396 e. The molecule has 1 aromatic carbocycles. The molecule has 1 aliphatic carbocycles. The molecule has 22 heavy (non-hydrogen) atoms. The molecular weight excluding hydrogens is 274 g/mol. The number of aliphatic hydroxyl groups is 2. The molecule has 0 spiro atoms. The van der Waals surface area contributed by atoms with E-state index in [1.54, 1.807) is 0 Å². The highest BCUT2D eigenvalue weighted by molar-refractivity contribution is 5.88. The average molecular weight is 297 g/mol. The van der Waals surface area contributed by atoms with E-state index in [1.807, 2.05) is 24.4 Å². The van der Waals surface area contributed by atoms with Crippen molar-refractivity contribution in [3.63, 3.8) is 0 Å². The van der Waals surface area contributed by atoms with Gasteiger partial charge in [0.15, 0.2) is 0 Å². The molecule has 3 heteroatoms. The summed E-state index contributed by atoms with van der Waals surface area (Å²) in [5, 5.41) is 20.5. The summed E-state index contributed by atoms with van der Waals surface area (Å²) in [5.74, 6) is 0.771. The molecule has 0 bridgehead atoms. The predicted octanol–water partition coefficient (Wildman–Crippen LogP) is 3.22. The van der Waals surface area contributed by atoms with E-state index in [-0.39, 0.29) is 36.9 Å². The molecule has 1 aliphatic rings. The summed E-state index contributed by atoms with van der Waals surface area (Å²) >= 11 is 0. The van der Waals surface area contributed by atoms with Crippen LogP contribution in [-0.4, -0.2) is 28.4 Å². The van der Waals surface area contributed by atoms with Crippen LogP contribution >= 0.6 is 0 Å². The second-order valence-electron chi connectivity index (χ2n) is 6.14. The third kappa shape index (κ3) is 2.62. The molecule has 0 saturated heterocycles. The Labute approximate surface area is 131 Å². The third-order valence-corrected chi connectivity index (χ3v) is 5.06. The zero-order chi connectivity index (χ0) is 15.5. The maximum absolute atomic E-state index is 9.69. The summed E-state index contributed by atoms with van der Waals surface area (Å²) in [4.78, 5) is 3.27. The summed E-state index contributed by atoms with van der Waals surface area (Å²) in [6.45, 7) is 4.09. The van der Waals surface area contributed by atoms with Gasteiger partial charge >= 0.3 is 0 Å². The summed E-state index contributed by atoms with van der Waals surface area (Å²) in [5.41, 5.74) is 2.29. The van der Waals surface area contributed by atoms with Gasteiger partial charge in [0, 0.05) is 30.3 Å². The van der Waals surface area contributed by atoms with Gasteiger partial charge in [-0.25, -0.2) is 0 Å². The first-order valence-electron chi connectivity index (χ1n) is 7.87. The van der Waals surface area contributed by atoms with Crippen LogP contribution in [0.1, 0.15) is 12.0 Å². The van der Waals surface area contributed by atoms with E-state index in [2.05, 4.69) is 35.8 Å². The molecule has 116 valence electrons. The lowest BCUT2D eigenvalue weighted by molar-refractivity contribution is 0.118. The topological polar surface area (TPSA) is 56.2 Å². The molecule has 3 nitrogen and oxygen atoms in total. The van der Waals surface area contributed by atoms with E-state index in [0.717, 1.165) is 17.5 Å². The first kappa shape index (κ1) is 15.1. The van der Waals surface area contributed by atoms with Gasteiger partial charge in [-0.05, 0) is 41.7 Å². The van der Waals surface area contributed by atoms with Crippen LogP contribution in [0.4, 0.5) is 0 Å². The number of allylic oxidation sites excluding steroid dienone is 2. The number of benzene rings is 1. The largest absolute Gasteiger partial charge is 0.396 e. The minimum absolute atomic E-state index is 0.106. The second kappa shape index (κ2) is 6.51. The zero-order valence-electron chi connectivity index (χ0n) is 12.7. The maximum Gasteiger partial charge on any atom is 0.0468 e. The van der Waals surface area contributed by atoms with Gasteiger partial charge in [-0.2, -0.15) is 0 Å². The van der Waals surface area contributed by atoms with Crippen molar-refractivity contribution < 1.29 is 10.2 Å². The van der Waals surface area contributed by atoms with Crippen LogP contribution in [0, 0.1) is 23.7 Å². The molecule has 3 rings (SSSR count). The van der Waals surface area contributed by atoms with Gasteiger partial charge < -0.3 is 15.2 Å². The van der Waals surface area contributed by atoms with Crippen LogP contribution in [-0.2, 0) is 0 Å². The van der Waals surface area contributed by atoms with Crippen molar-refractivity contribution in [1.82, 2.24) is 4.98 Å². The lowest BCUT2D eigenvalue weighted by Gasteiger charge is -2.20. The first-order chi connectivity index (χ1) is 10.8. The first-order valence-corrected chi connectivity index (χ1v) is 7.87. The van der Waals surface area contributed by atoms with Crippen molar-refractivity contribution in [2.75, 3.05) is 13.2 Å². The van der Waals surface area contributed by atoms with Crippen molar-refractivity contribution >= 4 is 17.0 Å². The molecule has 0 aliphatic heterocycles. The van der Waals surface area contributed by atoms with Crippen molar-refractivity contribution in [3.05, 3.63) is 54.8 Å². The number of para-hydroxylation sites is 1. The number of hydrogen-bond acceptors (Lipinski definition) is 2. The van der Waals surface area contributed by atoms with Crippen LogP contribution in [0.15, 0.2) is 49.2 Å². The Balaban J connectivity index is 1.84. The normalized spacial score (nSPS) is 28.6. The van der Waals surface area contributed by atoms with Gasteiger partial charge in [-0.1, -0.05) is 36.4 Å². The Morgan fingerprint density at radius 2 is 1.86 bits per heavy atom. The SMILES string of the molecule is C=CC1CC(C=Cc2c[nH]c3ccccc23)C(CO)C1CO. The van der Waals surface area contributed by atoms with E-state index >= 15 is 0 Å². The fraction of sp³-hybridized carbons (Fsp3) is 0.368. The van der Waals surface area contributed by atoms with E-state index in [0.29, 0.717) is 0 Å². The highest BCUT2D eigenvalue weighted by Gasteiger charge is 2.39. The molecular formula is C19H23NO2. The van der Waals surface area contributed by atoms with Gasteiger partial charge in [0.05, 0.1) is 0 Å². The maximum atomic E-state index is 9.69.